The van der Waals surface area contributed by atoms with E-state index in [9.17, 15) is 13.2 Å². The van der Waals surface area contributed by atoms with Crippen LogP contribution in [0.5, 0.6) is 0 Å². The summed E-state index contributed by atoms with van der Waals surface area (Å²) in [6.07, 6.45) is -2.32. The van der Waals surface area contributed by atoms with Gasteiger partial charge in [-0.1, -0.05) is 11.6 Å². The van der Waals surface area contributed by atoms with Gasteiger partial charge in [-0.05, 0) is 12.1 Å². The number of nitrogens with zero attached hydrogens (tertiary/aromatic N) is 2. The quantitative estimate of drug-likeness (QED) is 0.841. The lowest BCUT2D eigenvalue weighted by molar-refractivity contribution is -0.140. The topological polar surface area (TPSA) is 41.6 Å². The van der Waals surface area contributed by atoms with E-state index in [4.69, 9.17) is 11.6 Å². The lowest BCUT2D eigenvalue weighted by atomic mass is 10.3. The van der Waals surface area contributed by atoms with Crippen LogP contribution in [0, 0.1) is 0 Å². The van der Waals surface area contributed by atoms with Gasteiger partial charge in [0.25, 0.3) is 0 Å². The third-order valence-corrected chi connectivity index (χ3v) is 2.17. The number of H-pyrrole nitrogens is 1. The first-order chi connectivity index (χ1) is 7.48. The second kappa shape index (κ2) is 3.79. The second-order valence-electron chi connectivity index (χ2n) is 2.98. The first-order valence-corrected chi connectivity index (χ1v) is 4.59. The summed E-state index contributed by atoms with van der Waals surface area (Å²) in [6.45, 7) is 0. The highest BCUT2D eigenvalue weighted by Crippen LogP contribution is 2.30. The van der Waals surface area contributed by atoms with Gasteiger partial charge >= 0.3 is 6.18 Å². The molecular weight excluding hydrogens is 243 g/mol. The summed E-state index contributed by atoms with van der Waals surface area (Å²) in [5.41, 5.74) is -0.733. The maximum Gasteiger partial charge on any atom is 0.432 e. The van der Waals surface area contributed by atoms with E-state index >= 15 is 0 Å². The van der Waals surface area contributed by atoms with Gasteiger partial charge in [0.1, 0.15) is 11.4 Å². The third-order valence-electron chi connectivity index (χ3n) is 1.86. The van der Waals surface area contributed by atoms with E-state index in [0.29, 0.717) is 6.20 Å². The molecule has 2 heterocycles. The molecule has 2 rings (SSSR count). The molecule has 0 saturated heterocycles. The largest absolute Gasteiger partial charge is 0.432 e. The number of imidazole rings is 1. The van der Waals surface area contributed by atoms with Crippen molar-refractivity contribution in [1.29, 1.82) is 0 Å². The summed E-state index contributed by atoms with van der Waals surface area (Å²) >= 11 is 5.78. The van der Waals surface area contributed by atoms with E-state index < -0.39 is 11.9 Å². The Kier molecular flexibility index (Phi) is 2.59. The van der Waals surface area contributed by atoms with Crippen molar-refractivity contribution < 1.29 is 13.2 Å². The number of hydrogen-bond donors (Lipinski definition) is 1. The van der Waals surface area contributed by atoms with Crippen LogP contribution in [0.2, 0.25) is 5.02 Å². The zero-order valence-corrected chi connectivity index (χ0v) is 8.47. The summed E-state index contributed by atoms with van der Waals surface area (Å²) in [6, 6.07) is 3.11. The van der Waals surface area contributed by atoms with Crippen molar-refractivity contribution in [3.8, 4) is 11.5 Å². The predicted octanol–water partition coefficient (Wildman–Crippen LogP) is 3.14. The maximum absolute atomic E-state index is 12.3. The number of nitrogens with one attached hydrogen (secondary N) is 1. The van der Waals surface area contributed by atoms with E-state index in [1.807, 2.05) is 0 Å². The van der Waals surface area contributed by atoms with Crippen LogP contribution in [-0.2, 0) is 6.18 Å². The van der Waals surface area contributed by atoms with Gasteiger partial charge < -0.3 is 4.98 Å². The molecule has 16 heavy (non-hydrogen) atoms. The number of alkyl halides is 3. The van der Waals surface area contributed by atoms with Gasteiger partial charge in [0.05, 0.1) is 11.2 Å². The molecule has 84 valence electrons. The van der Waals surface area contributed by atoms with Crippen molar-refractivity contribution in [2.75, 3.05) is 0 Å². The molecule has 0 saturated carbocycles. The second-order valence-corrected chi connectivity index (χ2v) is 3.38. The SMILES string of the molecule is FC(F)(F)c1cnc(-c2ncccc2Cl)[nH]1. The van der Waals surface area contributed by atoms with Crippen LogP contribution < -0.4 is 0 Å². The standard InChI is InChI=1S/C9H5ClF3N3/c10-5-2-1-3-14-7(5)8-15-4-6(16-8)9(11,12)13/h1-4H,(H,15,16). The van der Waals surface area contributed by atoms with Crippen molar-refractivity contribution >= 4 is 11.6 Å². The van der Waals surface area contributed by atoms with E-state index in [1.165, 1.54) is 12.3 Å². The Hall–Kier alpha value is -1.56. The molecule has 0 amide bonds. The van der Waals surface area contributed by atoms with Crippen LogP contribution in [0.3, 0.4) is 0 Å². The Labute approximate surface area is 93.3 Å². The van der Waals surface area contributed by atoms with Crippen molar-refractivity contribution in [3.05, 3.63) is 35.2 Å². The molecule has 0 unspecified atom stereocenters. The van der Waals surface area contributed by atoms with Gasteiger partial charge in [-0.25, -0.2) is 4.98 Å². The molecule has 2 aromatic heterocycles. The first kappa shape index (κ1) is 10.9. The normalized spacial score (nSPS) is 11.8. The van der Waals surface area contributed by atoms with Gasteiger partial charge in [0.15, 0.2) is 5.82 Å². The van der Waals surface area contributed by atoms with Crippen LogP contribution in [0.4, 0.5) is 13.2 Å². The molecule has 0 spiro atoms. The Balaban J connectivity index is 2.44. The average molecular weight is 248 g/mol. The molecule has 0 aliphatic rings. The van der Waals surface area contributed by atoms with Crippen LogP contribution in [0.25, 0.3) is 11.5 Å². The zero-order valence-electron chi connectivity index (χ0n) is 7.72. The van der Waals surface area contributed by atoms with Gasteiger partial charge in [0, 0.05) is 6.20 Å². The van der Waals surface area contributed by atoms with Crippen LogP contribution in [-0.4, -0.2) is 15.0 Å². The molecule has 1 N–H and O–H groups in total. The molecule has 0 aliphatic heterocycles. The van der Waals surface area contributed by atoms with Crippen LogP contribution >= 0.6 is 11.6 Å². The highest BCUT2D eigenvalue weighted by molar-refractivity contribution is 6.32. The van der Waals surface area contributed by atoms with E-state index in [1.54, 1.807) is 6.07 Å². The molecule has 2 aromatic rings. The van der Waals surface area contributed by atoms with Crippen LogP contribution in [0.1, 0.15) is 5.69 Å². The van der Waals surface area contributed by atoms with Crippen molar-refractivity contribution in [3.63, 3.8) is 0 Å². The highest BCUT2D eigenvalue weighted by Gasteiger charge is 2.33. The fourth-order valence-corrected chi connectivity index (χ4v) is 1.36. The highest BCUT2D eigenvalue weighted by atomic mass is 35.5. The van der Waals surface area contributed by atoms with Gasteiger partial charge in [0.2, 0.25) is 0 Å². The van der Waals surface area contributed by atoms with Gasteiger partial charge in [-0.2, -0.15) is 13.2 Å². The van der Waals surface area contributed by atoms with Gasteiger partial charge in [-0.15, -0.1) is 0 Å². The Morgan fingerprint density at radius 1 is 1.25 bits per heavy atom. The summed E-state index contributed by atoms with van der Waals surface area (Å²) in [7, 11) is 0. The molecule has 7 heteroatoms. The fourth-order valence-electron chi connectivity index (χ4n) is 1.15. The molecular formula is C9H5ClF3N3. The molecule has 0 fully saturated rings. The van der Waals surface area contributed by atoms with Crippen molar-refractivity contribution in [1.82, 2.24) is 15.0 Å². The summed E-state index contributed by atoms with van der Waals surface area (Å²) in [4.78, 5) is 9.57. The summed E-state index contributed by atoms with van der Waals surface area (Å²) < 4.78 is 36.9. The molecule has 0 radical (unpaired) electrons. The molecule has 0 atom stereocenters. The Morgan fingerprint density at radius 3 is 2.56 bits per heavy atom. The summed E-state index contributed by atoms with van der Waals surface area (Å²) in [5.74, 6) is -0.00192. The van der Waals surface area contributed by atoms with Crippen molar-refractivity contribution in [2.24, 2.45) is 0 Å². The number of aromatic nitrogens is 3. The van der Waals surface area contributed by atoms with E-state index in [-0.39, 0.29) is 16.5 Å². The number of rotatable bonds is 1. The minimum atomic E-state index is -4.45. The average Bonchev–Trinajstić information content (AvgIpc) is 2.66. The fraction of sp³-hybridized carbons (Fsp3) is 0.111. The van der Waals surface area contributed by atoms with E-state index in [0.717, 1.165) is 0 Å². The number of pyridine rings is 1. The molecule has 0 aliphatic carbocycles. The zero-order chi connectivity index (χ0) is 11.8. The Bertz CT molecular complexity index is 507. The number of hydrogen-bond acceptors (Lipinski definition) is 2. The molecule has 0 bridgehead atoms. The smallest absolute Gasteiger partial charge is 0.333 e. The lowest BCUT2D eigenvalue weighted by Crippen LogP contribution is -2.04. The summed E-state index contributed by atoms with van der Waals surface area (Å²) in [5, 5.41) is 0.241. The van der Waals surface area contributed by atoms with Gasteiger partial charge in [-0.3, -0.25) is 4.98 Å². The maximum atomic E-state index is 12.3. The Morgan fingerprint density at radius 2 is 2.00 bits per heavy atom. The van der Waals surface area contributed by atoms with Crippen LogP contribution in [0.15, 0.2) is 24.5 Å². The first-order valence-electron chi connectivity index (χ1n) is 4.21. The van der Waals surface area contributed by atoms with Crippen molar-refractivity contribution in [2.45, 2.75) is 6.18 Å². The monoisotopic (exact) mass is 247 g/mol. The number of aromatic amines is 1. The predicted molar refractivity (Wildman–Crippen MR) is 51.8 cm³/mol. The third kappa shape index (κ3) is 2.01. The number of halogens is 4. The molecule has 0 aromatic carbocycles. The minimum absolute atomic E-state index is 0.00192. The minimum Gasteiger partial charge on any atom is -0.333 e. The lowest BCUT2D eigenvalue weighted by Gasteiger charge is -2.01. The molecule has 3 nitrogen and oxygen atoms in total. The van der Waals surface area contributed by atoms with E-state index in [2.05, 4.69) is 15.0 Å².